The molecule has 1 amide bonds. The van der Waals surface area contributed by atoms with Crippen LogP contribution in [-0.2, 0) is 9.59 Å². The average molecular weight is 444 g/mol. The molecule has 3 rings (SSSR count). The van der Waals surface area contributed by atoms with Gasteiger partial charge in [0.1, 0.15) is 0 Å². The fraction of sp³-hybridized carbons (Fsp3) is 0.500. The van der Waals surface area contributed by atoms with Crippen molar-refractivity contribution in [1.29, 1.82) is 0 Å². The third-order valence-electron chi connectivity index (χ3n) is 5.20. The highest BCUT2D eigenvalue weighted by molar-refractivity contribution is 9.10. The van der Waals surface area contributed by atoms with Crippen LogP contribution in [0.1, 0.15) is 62.0 Å². The zero-order valence-electron chi connectivity index (χ0n) is 14.7. The minimum absolute atomic E-state index is 0.0414. The first-order valence-corrected chi connectivity index (χ1v) is 9.97. The Bertz CT molecular complexity index is 765. The van der Waals surface area contributed by atoms with E-state index in [1.54, 1.807) is 12.1 Å². The highest BCUT2D eigenvalue weighted by Crippen LogP contribution is 2.42. The number of allylic oxidation sites excluding steroid dienone is 2. The van der Waals surface area contributed by atoms with E-state index in [4.69, 9.17) is 0 Å². The van der Waals surface area contributed by atoms with E-state index in [1.165, 1.54) is 25.0 Å². The SMILES string of the molecule is O=C(CC1C=C(C(=O)C(F)(F)F)c2cc(Br)ccc21)NC1CCCCCC1. The molecule has 0 aromatic heterocycles. The summed E-state index contributed by atoms with van der Waals surface area (Å²) in [7, 11) is 0. The molecular formula is C20H21BrF3NO2. The van der Waals surface area contributed by atoms with Gasteiger partial charge in [0, 0.05) is 28.4 Å². The molecule has 2 aliphatic carbocycles. The topological polar surface area (TPSA) is 46.2 Å². The molecule has 1 saturated carbocycles. The van der Waals surface area contributed by atoms with Crippen LogP contribution in [0.5, 0.6) is 0 Å². The van der Waals surface area contributed by atoms with Crippen molar-refractivity contribution in [3.05, 3.63) is 39.9 Å². The molecule has 146 valence electrons. The maximum Gasteiger partial charge on any atom is 0.454 e. The Labute approximate surface area is 164 Å². The quantitative estimate of drug-likeness (QED) is 0.642. The molecule has 27 heavy (non-hydrogen) atoms. The van der Waals surface area contributed by atoms with Crippen LogP contribution in [0, 0.1) is 0 Å². The second-order valence-corrected chi connectivity index (χ2v) is 8.12. The Balaban J connectivity index is 1.77. The molecule has 1 aromatic carbocycles. The molecule has 1 fully saturated rings. The van der Waals surface area contributed by atoms with Crippen LogP contribution in [0.15, 0.2) is 28.7 Å². The number of carbonyl (C=O) groups excluding carboxylic acids is 2. The first kappa shape index (κ1) is 20.1. The lowest BCUT2D eigenvalue weighted by atomic mass is 9.96. The minimum Gasteiger partial charge on any atom is -0.353 e. The summed E-state index contributed by atoms with van der Waals surface area (Å²) < 4.78 is 39.4. The van der Waals surface area contributed by atoms with Gasteiger partial charge in [0.25, 0.3) is 5.78 Å². The number of rotatable bonds is 4. The fourth-order valence-electron chi connectivity index (χ4n) is 3.90. The molecule has 7 heteroatoms. The van der Waals surface area contributed by atoms with Crippen LogP contribution in [0.2, 0.25) is 0 Å². The van der Waals surface area contributed by atoms with Gasteiger partial charge in [-0.15, -0.1) is 0 Å². The molecule has 0 radical (unpaired) electrons. The van der Waals surface area contributed by atoms with Crippen molar-refractivity contribution in [2.75, 3.05) is 0 Å². The van der Waals surface area contributed by atoms with E-state index in [0.717, 1.165) is 25.7 Å². The van der Waals surface area contributed by atoms with Crippen molar-refractivity contribution in [3.8, 4) is 0 Å². The maximum absolute atomic E-state index is 13.0. The normalized spacial score (nSPS) is 20.6. The number of Topliss-reactive ketones (excluding diaryl/α,β-unsaturated/α-hetero) is 1. The van der Waals surface area contributed by atoms with Gasteiger partial charge in [-0.2, -0.15) is 13.2 Å². The summed E-state index contributed by atoms with van der Waals surface area (Å²) in [6.45, 7) is 0. The average Bonchev–Trinajstić information content (AvgIpc) is 2.76. The third kappa shape index (κ3) is 4.81. The monoisotopic (exact) mass is 443 g/mol. The van der Waals surface area contributed by atoms with Gasteiger partial charge in [0.2, 0.25) is 5.91 Å². The van der Waals surface area contributed by atoms with Crippen LogP contribution < -0.4 is 5.32 Å². The second-order valence-electron chi connectivity index (χ2n) is 7.21. The summed E-state index contributed by atoms with van der Waals surface area (Å²) in [4.78, 5) is 24.3. The second kappa shape index (κ2) is 8.17. The maximum atomic E-state index is 13.0. The van der Waals surface area contributed by atoms with Gasteiger partial charge < -0.3 is 5.32 Å². The lowest BCUT2D eigenvalue weighted by Crippen LogP contribution is -2.34. The van der Waals surface area contributed by atoms with Crippen LogP contribution in [0.25, 0.3) is 5.57 Å². The number of alkyl halides is 3. The van der Waals surface area contributed by atoms with Gasteiger partial charge in [0.05, 0.1) is 0 Å². The van der Waals surface area contributed by atoms with E-state index in [-0.39, 0.29) is 29.5 Å². The summed E-state index contributed by atoms with van der Waals surface area (Å²) >= 11 is 3.24. The molecule has 1 N–H and O–H groups in total. The first-order chi connectivity index (χ1) is 12.8. The molecule has 0 aliphatic heterocycles. The number of hydrogen-bond donors (Lipinski definition) is 1. The van der Waals surface area contributed by atoms with Gasteiger partial charge in [-0.05, 0) is 36.1 Å². The zero-order chi connectivity index (χ0) is 19.6. The molecule has 0 bridgehead atoms. The van der Waals surface area contributed by atoms with Crippen molar-refractivity contribution in [2.24, 2.45) is 0 Å². The number of fused-ring (bicyclic) bond motifs is 1. The zero-order valence-corrected chi connectivity index (χ0v) is 16.3. The first-order valence-electron chi connectivity index (χ1n) is 9.18. The molecule has 0 saturated heterocycles. The van der Waals surface area contributed by atoms with E-state index in [0.29, 0.717) is 10.0 Å². The lowest BCUT2D eigenvalue weighted by molar-refractivity contribution is -0.164. The summed E-state index contributed by atoms with van der Waals surface area (Å²) in [5.74, 6) is -2.58. The molecule has 1 unspecified atom stereocenters. The Kier molecular flexibility index (Phi) is 6.08. The smallest absolute Gasteiger partial charge is 0.353 e. The van der Waals surface area contributed by atoms with Crippen molar-refractivity contribution in [3.63, 3.8) is 0 Å². The number of ketones is 1. The van der Waals surface area contributed by atoms with E-state index in [9.17, 15) is 22.8 Å². The van der Waals surface area contributed by atoms with Crippen molar-refractivity contribution in [2.45, 2.75) is 63.1 Å². The van der Waals surface area contributed by atoms with Crippen molar-refractivity contribution >= 4 is 33.2 Å². The molecule has 3 nitrogen and oxygen atoms in total. The van der Waals surface area contributed by atoms with Gasteiger partial charge in [-0.1, -0.05) is 53.8 Å². The lowest BCUT2D eigenvalue weighted by Gasteiger charge is -2.18. The fourth-order valence-corrected chi connectivity index (χ4v) is 4.26. The van der Waals surface area contributed by atoms with E-state index in [2.05, 4.69) is 21.2 Å². The van der Waals surface area contributed by atoms with Gasteiger partial charge in [0.15, 0.2) is 0 Å². The Morgan fingerprint density at radius 1 is 1.11 bits per heavy atom. The van der Waals surface area contributed by atoms with E-state index in [1.807, 2.05) is 0 Å². The Hall–Kier alpha value is -1.63. The van der Waals surface area contributed by atoms with E-state index >= 15 is 0 Å². The van der Waals surface area contributed by atoms with Gasteiger partial charge >= 0.3 is 6.18 Å². The molecule has 2 aliphatic rings. The van der Waals surface area contributed by atoms with Crippen LogP contribution in [0.4, 0.5) is 13.2 Å². The van der Waals surface area contributed by atoms with Crippen molar-refractivity contribution < 1.29 is 22.8 Å². The number of carbonyl (C=O) groups is 2. The Morgan fingerprint density at radius 2 is 1.78 bits per heavy atom. The minimum atomic E-state index is -4.94. The van der Waals surface area contributed by atoms with E-state index < -0.39 is 17.9 Å². The molecule has 0 heterocycles. The third-order valence-corrected chi connectivity index (χ3v) is 5.69. The number of amides is 1. The number of hydrogen-bond acceptors (Lipinski definition) is 2. The summed E-state index contributed by atoms with van der Waals surface area (Å²) in [6.07, 6.45) is 2.76. The summed E-state index contributed by atoms with van der Waals surface area (Å²) in [6, 6.07) is 5.03. The summed E-state index contributed by atoms with van der Waals surface area (Å²) in [5, 5.41) is 3.02. The predicted molar refractivity (Wildman–Crippen MR) is 100 cm³/mol. The number of halogens is 4. The van der Waals surface area contributed by atoms with Crippen LogP contribution >= 0.6 is 15.9 Å². The molecular weight excluding hydrogens is 423 g/mol. The van der Waals surface area contributed by atoms with Gasteiger partial charge in [-0.3, -0.25) is 9.59 Å². The molecule has 1 aromatic rings. The van der Waals surface area contributed by atoms with Crippen molar-refractivity contribution in [1.82, 2.24) is 5.32 Å². The highest BCUT2D eigenvalue weighted by Gasteiger charge is 2.43. The largest absolute Gasteiger partial charge is 0.454 e. The Morgan fingerprint density at radius 3 is 2.41 bits per heavy atom. The molecule has 1 atom stereocenters. The van der Waals surface area contributed by atoms with Crippen LogP contribution in [0.3, 0.4) is 0 Å². The highest BCUT2D eigenvalue weighted by atomic mass is 79.9. The predicted octanol–water partition coefficient (Wildman–Crippen LogP) is 5.29. The van der Waals surface area contributed by atoms with Gasteiger partial charge in [-0.25, -0.2) is 0 Å². The number of nitrogens with one attached hydrogen (secondary N) is 1. The van der Waals surface area contributed by atoms with Crippen LogP contribution in [-0.4, -0.2) is 23.9 Å². The summed E-state index contributed by atoms with van der Waals surface area (Å²) in [5.41, 5.74) is 0.465. The standard InChI is InChI=1S/C20H21BrF3NO2/c21-13-7-8-15-12(9-17(16(15)11-13)19(27)20(22,23)24)10-18(26)25-14-5-3-1-2-4-6-14/h7-9,11-12,14H,1-6,10H2,(H,25,26). The molecule has 0 spiro atoms. The number of benzene rings is 1.